The van der Waals surface area contributed by atoms with E-state index in [1.807, 2.05) is 0 Å². The fourth-order valence-corrected chi connectivity index (χ4v) is 6.93. The number of aliphatic hydroxyl groups excluding tert-OH is 4. The molecule has 0 bridgehead atoms. The molecular formula is C36H44BrCl2N3O8. The lowest BCUT2D eigenvalue weighted by molar-refractivity contribution is -0.155. The molecule has 0 spiro atoms. The largest absolute Gasteiger partial charge is 0.463 e. The van der Waals surface area contributed by atoms with Crippen molar-refractivity contribution in [3.8, 4) is 0 Å². The Morgan fingerprint density at radius 1 is 0.900 bits per heavy atom. The highest BCUT2D eigenvalue weighted by atomic mass is 79.9. The Morgan fingerprint density at radius 3 is 2.16 bits per heavy atom. The highest BCUT2D eigenvalue weighted by Gasteiger charge is 2.33. The number of carbonyl (C=O) groups is 2. The summed E-state index contributed by atoms with van der Waals surface area (Å²) in [6.07, 6.45) is -0.913. The average Bonchev–Trinajstić information content (AvgIpc) is 3.11. The number of hydrogen-bond donors (Lipinski definition) is 7. The molecule has 4 rings (SSSR count). The maximum atomic E-state index is 12.9. The van der Waals surface area contributed by atoms with Crippen molar-refractivity contribution in [3.05, 3.63) is 85.8 Å². The number of ether oxygens (including phenoxy) is 2. The number of esters is 2. The third-order valence-corrected chi connectivity index (χ3v) is 10.4. The molecule has 0 radical (unpaired) electrons. The molecule has 11 nitrogen and oxygen atoms in total. The molecular weight excluding hydrogens is 753 g/mol. The molecule has 3 aromatic carbocycles. The fourth-order valence-electron chi connectivity index (χ4n) is 5.94. The van der Waals surface area contributed by atoms with Crippen LogP contribution in [-0.4, -0.2) is 75.5 Å². The van der Waals surface area contributed by atoms with E-state index in [0.717, 1.165) is 32.1 Å². The van der Waals surface area contributed by atoms with E-state index in [4.69, 9.17) is 38.4 Å². The van der Waals surface area contributed by atoms with Gasteiger partial charge in [-0.25, -0.2) is 4.79 Å². The van der Waals surface area contributed by atoms with E-state index < -0.39 is 49.6 Å². The number of hydrogen-bond acceptors (Lipinski definition) is 11. The number of para-hydroxylation sites is 2. The van der Waals surface area contributed by atoms with Gasteiger partial charge in [0.2, 0.25) is 0 Å². The average molecular weight is 798 g/mol. The lowest BCUT2D eigenvalue weighted by atomic mass is 9.79. The number of nitrogens with two attached hydrogens (primary N) is 1. The van der Waals surface area contributed by atoms with Gasteiger partial charge in [-0.3, -0.25) is 4.79 Å². The van der Waals surface area contributed by atoms with Crippen LogP contribution in [0.5, 0.6) is 0 Å². The first-order valence-corrected chi connectivity index (χ1v) is 18.1. The van der Waals surface area contributed by atoms with Gasteiger partial charge in [-0.2, -0.15) is 0 Å². The summed E-state index contributed by atoms with van der Waals surface area (Å²) in [6, 6.07) is 15.1. The number of halogens is 3. The third-order valence-electron chi connectivity index (χ3n) is 9.11. The Labute approximate surface area is 310 Å². The number of nitrogen functional groups attached to an aromatic ring is 1. The monoisotopic (exact) mass is 795 g/mol. The van der Waals surface area contributed by atoms with Crippen LogP contribution in [0, 0.1) is 0 Å². The first-order valence-electron chi connectivity index (χ1n) is 16.5. The number of anilines is 3. The Balaban J connectivity index is 1.27. The normalized spacial score (nSPS) is 16.6. The van der Waals surface area contributed by atoms with Crippen LogP contribution in [0.3, 0.4) is 0 Å². The van der Waals surface area contributed by atoms with Crippen molar-refractivity contribution in [3.63, 3.8) is 0 Å². The molecule has 50 heavy (non-hydrogen) atoms. The van der Waals surface area contributed by atoms with E-state index in [2.05, 4.69) is 33.5 Å². The van der Waals surface area contributed by atoms with Crippen LogP contribution >= 0.6 is 39.1 Å². The Morgan fingerprint density at radius 2 is 1.52 bits per heavy atom. The Kier molecular flexibility index (Phi) is 14.8. The van der Waals surface area contributed by atoms with Crippen molar-refractivity contribution in [2.75, 3.05) is 24.3 Å². The van der Waals surface area contributed by atoms with Crippen molar-refractivity contribution in [2.45, 2.75) is 88.4 Å². The predicted molar refractivity (Wildman–Crippen MR) is 197 cm³/mol. The summed E-state index contributed by atoms with van der Waals surface area (Å²) in [5.74, 6) is -1.51. The van der Waals surface area contributed by atoms with Crippen LogP contribution in [0.15, 0.2) is 59.1 Å². The van der Waals surface area contributed by atoms with Gasteiger partial charge >= 0.3 is 11.9 Å². The Bertz CT molecular complexity index is 1600. The van der Waals surface area contributed by atoms with E-state index in [1.54, 1.807) is 48.5 Å². The van der Waals surface area contributed by atoms with Crippen molar-refractivity contribution < 1.29 is 39.5 Å². The van der Waals surface area contributed by atoms with Gasteiger partial charge in [0.25, 0.3) is 0 Å². The summed E-state index contributed by atoms with van der Waals surface area (Å²) in [4.78, 5) is 25.6. The second-order valence-electron chi connectivity index (χ2n) is 12.5. The first kappa shape index (κ1) is 39.8. The summed E-state index contributed by atoms with van der Waals surface area (Å²) >= 11 is 15.9. The summed E-state index contributed by atoms with van der Waals surface area (Å²) in [6.45, 7) is 1.26. The van der Waals surface area contributed by atoms with E-state index in [1.165, 1.54) is 12.5 Å². The maximum absolute atomic E-state index is 12.9. The van der Waals surface area contributed by atoms with Gasteiger partial charge in [0.15, 0.2) is 0 Å². The lowest BCUT2D eigenvalue weighted by Crippen LogP contribution is -2.48. The van der Waals surface area contributed by atoms with Gasteiger partial charge in [0, 0.05) is 22.2 Å². The molecule has 14 heteroatoms. The van der Waals surface area contributed by atoms with Crippen molar-refractivity contribution >= 4 is 68.1 Å². The van der Waals surface area contributed by atoms with Crippen molar-refractivity contribution in [2.24, 2.45) is 0 Å². The molecule has 3 aromatic rings. The van der Waals surface area contributed by atoms with Crippen LogP contribution in [0.25, 0.3) is 0 Å². The standard InChI is InChI=1S/C36H44BrCl2N3O8/c1-2-36(13-6-3-7-14-36)41-18-23-15-22(16-24(37)31(23)40)35(48)50-20-29(44)34(47)33(46)28(43)19-49-30(45)17-21-9-4-5-12-27(21)42-32-25(38)10-8-11-26(32)39/h4-5,8-12,15-16,28-29,33-34,41-44,46-47H,2-3,6-7,13-14,17-20,40H2,1H3/t28-,29-,33-,34-/m1/s1. The van der Waals surface area contributed by atoms with Crippen LogP contribution < -0.4 is 16.4 Å². The fraction of sp³-hybridized carbons (Fsp3) is 0.444. The van der Waals surface area contributed by atoms with Gasteiger partial charge in [-0.05, 0) is 76.7 Å². The Hall–Kier alpha value is -2.94. The maximum Gasteiger partial charge on any atom is 0.338 e. The zero-order valence-electron chi connectivity index (χ0n) is 27.7. The molecule has 272 valence electrons. The third kappa shape index (κ3) is 10.5. The van der Waals surface area contributed by atoms with Crippen molar-refractivity contribution in [1.29, 1.82) is 0 Å². The van der Waals surface area contributed by atoms with Crippen molar-refractivity contribution in [1.82, 2.24) is 5.32 Å². The molecule has 1 fully saturated rings. The molecule has 1 aliphatic carbocycles. The van der Waals surface area contributed by atoms with Gasteiger partial charge in [-0.15, -0.1) is 0 Å². The highest BCUT2D eigenvalue weighted by molar-refractivity contribution is 9.10. The second kappa shape index (κ2) is 18.5. The van der Waals surface area contributed by atoms with Crippen LogP contribution in [-0.2, 0) is 27.2 Å². The molecule has 1 aliphatic rings. The molecule has 0 aromatic heterocycles. The number of nitrogens with one attached hydrogen (secondary N) is 2. The zero-order chi connectivity index (χ0) is 36.4. The molecule has 0 amide bonds. The predicted octanol–water partition coefficient (Wildman–Crippen LogP) is 5.67. The van der Waals surface area contributed by atoms with Crippen LogP contribution in [0.1, 0.15) is 66.9 Å². The smallest absolute Gasteiger partial charge is 0.338 e. The molecule has 0 heterocycles. The molecule has 1 saturated carbocycles. The van der Waals surface area contributed by atoms with Gasteiger partial charge in [-0.1, -0.05) is 73.7 Å². The topological polar surface area (TPSA) is 184 Å². The van der Waals surface area contributed by atoms with E-state index in [0.29, 0.717) is 49.3 Å². The molecule has 8 N–H and O–H groups in total. The number of rotatable bonds is 16. The van der Waals surface area contributed by atoms with Gasteiger partial charge < -0.3 is 46.3 Å². The first-order chi connectivity index (χ1) is 23.8. The summed E-state index contributed by atoms with van der Waals surface area (Å²) in [5.41, 5.74) is 9.26. The summed E-state index contributed by atoms with van der Waals surface area (Å²) in [7, 11) is 0. The van der Waals surface area contributed by atoms with E-state index in [9.17, 15) is 30.0 Å². The van der Waals surface area contributed by atoms with Gasteiger partial charge in [0.1, 0.15) is 37.6 Å². The lowest BCUT2D eigenvalue weighted by Gasteiger charge is -2.38. The quantitative estimate of drug-likeness (QED) is 0.0701. The van der Waals surface area contributed by atoms with E-state index in [-0.39, 0.29) is 17.5 Å². The zero-order valence-corrected chi connectivity index (χ0v) is 30.8. The van der Waals surface area contributed by atoms with E-state index >= 15 is 0 Å². The highest BCUT2D eigenvalue weighted by Crippen LogP contribution is 2.34. The van der Waals surface area contributed by atoms with Gasteiger partial charge in [0.05, 0.1) is 33.4 Å². The molecule has 0 aliphatic heterocycles. The molecule has 4 atom stereocenters. The number of benzene rings is 3. The minimum absolute atomic E-state index is 0.0214. The minimum atomic E-state index is -1.93. The minimum Gasteiger partial charge on any atom is -0.463 e. The molecule has 0 unspecified atom stereocenters. The number of aliphatic hydroxyl groups is 4. The van der Waals surface area contributed by atoms with Crippen LogP contribution in [0.4, 0.5) is 17.1 Å². The SMILES string of the molecule is CCC1(NCc2cc(C(=O)OC[C@@H](O)[C@@H](O)[C@H](O)[C@H](O)COC(=O)Cc3ccccc3Nc3c(Cl)cccc3Cl)cc(Br)c2N)CCCCC1. The molecule has 0 saturated heterocycles. The van der Waals surface area contributed by atoms with Crippen LogP contribution in [0.2, 0.25) is 10.0 Å². The summed E-state index contributed by atoms with van der Waals surface area (Å²) in [5, 5.41) is 49.3. The summed E-state index contributed by atoms with van der Waals surface area (Å²) < 4.78 is 10.9. The second-order valence-corrected chi connectivity index (χ2v) is 14.2. The number of carbonyl (C=O) groups excluding carboxylic acids is 2.